The van der Waals surface area contributed by atoms with E-state index in [1.54, 1.807) is 0 Å². The van der Waals surface area contributed by atoms with Gasteiger partial charge in [-0.05, 0) is 47.3 Å². The lowest BCUT2D eigenvalue weighted by Crippen LogP contribution is -2.49. The second kappa shape index (κ2) is 8.04. The number of nitrogens with zero attached hydrogens (tertiary/aromatic N) is 1. The van der Waals surface area contributed by atoms with Crippen molar-refractivity contribution in [3.05, 3.63) is 108 Å². The molecule has 2 aliphatic rings. The van der Waals surface area contributed by atoms with Crippen molar-refractivity contribution in [2.75, 3.05) is 0 Å². The molecule has 1 heterocycles. The third kappa shape index (κ3) is 3.03. The molecule has 0 aromatic heterocycles. The van der Waals surface area contributed by atoms with Crippen molar-refractivity contribution >= 4 is 0 Å². The summed E-state index contributed by atoms with van der Waals surface area (Å²) >= 11 is 0. The second-order valence-corrected chi connectivity index (χ2v) is 9.55. The maximum Gasteiger partial charge on any atom is 0.0752 e. The van der Waals surface area contributed by atoms with Crippen molar-refractivity contribution in [3.63, 3.8) is 0 Å². The minimum absolute atomic E-state index is 0.0610. The molecule has 0 radical (unpaired) electrons. The van der Waals surface area contributed by atoms with Crippen molar-refractivity contribution in [1.82, 2.24) is 4.90 Å². The van der Waals surface area contributed by atoms with Crippen LogP contribution in [0.25, 0.3) is 0 Å². The first-order chi connectivity index (χ1) is 14.7. The maximum atomic E-state index is 2.89. The largest absolute Gasteiger partial charge is 0.282 e. The fraction of sp³-hybridized carbons (Fsp3) is 0.379. The quantitative estimate of drug-likeness (QED) is 0.455. The van der Waals surface area contributed by atoms with Gasteiger partial charge in [-0.1, -0.05) is 111 Å². The van der Waals surface area contributed by atoms with Crippen molar-refractivity contribution in [3.8, 4) is 0 Å². The zero-order valence-corrected chi connectivity index (χ0v) is 18.2. The Morgan fingerprint density at radius 2 is 1.30 bits per heavy atom. The molecule has 2 fully saturated rings. The predicted octanol–water partition coefficient (Wildman–Crippen LogP) is 6.89. The minimum Gasteiger partial charge on any atom is -0.282 e. The molecule has 3 atom stereocenters. The molecule has 3 aromatic carbocycles. The summed E-state index contributed by atoms with van der Waals surface area (Å²) in [6.45, 7) is 5.87. The summed E-state index contributed by atoms with van der Waals surface area (Å²) in [6, 6.07) is 34.4. The monoisotopic (exact) mass is 395 g/mol. The van der Waals surface area contributed by atoms with Gasteiger partial charge in [-0.2, -0.15) is 0 Å². The Balaban J connectivity index is 1.76. The molecule has 5 rings (SSSR count). The van der Waals surface area contributed by atoms with Gasteiger partial charge in [0, 0.05) is 12.6 Å². The van der Waals surface area contributed by atoms with Crippen LogP contribution < -0.4 is 0 Å². The van der Waals surface area contributed by atoms with Crippen LogP contribution in [0.15, 0.2) is 91.0 Å². The van der Waals surface area contributed by atoms with Gasteiger partial charge in [0.15, 0.2) is 0 Å². The molecule has 1 nitrogen and oxygen atoms in total. The van der Waals surface area contributed by atoms with E-state index in [4.69, 9.17) is 0 Å². The number of hydrogen-bond acceptors (Lipinski definition) is 1. The Labute approximate surface area is 181 Å². The number of fused-ring (bicyclic) bond motifs is 1. The van der Waals surface area contributed by atoms with E-state index in [1.165, 1.54) is 36.0 Å². The van der Waals surface area contributed by atoms with E-state index < -0.39 is 0 Å². The van der Waals surface area contributed by atoms with Gasteiger partial charge in [0.2, 0.25) is 0 Å². The summed E-state index contributed by atoms with van der Waals surface area (Å²) in [5.74, 6) is 2.06. The fourth-order valence-corrected chi connectivity index (χ4v) is 6.77. The zero-order valence-electron chi connectivity index (χ0n) is 18.2. The number of likely N-dealkylation sites (tertiary alicyclic amines) is 1. The highest BCUT2D eigenvalue weighted by molar-refractivity contribution is 5.43. The zero-order chi connectivity index (χ0) is 20.6. The summed E-state index contributed by atoms with van der Waals surface area (Å²) in [7, 11) is 0. The molecule has 1 aliphatic carbocycles. The van der Waals surface area contributed by atoms with Crippen molar-refractivity contribution < 1.29 is 0 Å². The highest BCUT2D eigenvalue weighted by atomic mass is 15.3. The smallest absolute Gasteiger partial charge is 0.0752 e. The molecular formula is C29H33N. The summed E-state index contributed by atoms with van der Waals surface area (Å²) in [5.41, 5.74) is 4.28. The van der Waals surface area contributed by atoms with Crippen molar-refractivity contribution in [1.29, 1.82) is 0 Å². The first-order valence-corrected chi connectivity index (χ1v) is 11.6. The summed E-state index contributed by atoms with van der Waals surface area (Å²) in [5, 5.41) is 0. The van der Waals surface area contributed by atoms with Gasteiger partial charge in [-0.25, -0.2) is 0 Å². The fourth-order valence-electron chi connectivity index (χ4n) is 6.77. The summed E-state index contributed by atoms with van der Waals surface area (Å²) < 4.78 is 0. The van der Waals surface area contributed by atoms with E-state index >= 15 is 0 Å². The third-order valence-electron chi connectivity index (χ3n) is 7.66. The van der Waals surface area contributed by atoms with E-state index in [9.17, 15) is 0 Å². The van der Waals surface area contributed by atoms with Gasteiger partial charge < -0.3 is 0 Å². The average molecular weight is 396 g/mol. The summed E-state index contributed by atoms with van der Waals surface area (Å²) in [6.07, 6.45) is 4.04. The lowest BCUT2D eigenvalue weighted by atomic mass is 9.71. The Kier molecular flexibility index (Phi) is 5.25. The molecule has 30 heavy (non-hydrogen) atoms. The van der Waals surface area contributed by atoms with Crippen LogP contribution in [0.3, 0.4) is 0 Å². The van der Waals surface area contributed by atoms with E-state index in [0.717, 1.165) is 12.5 Å². The Bertz CT molecular complexity index is 908. The highest BCUT2D eigenvalue weighted by Crippen LogP contribution is 2.61. The molecule has 0 spiro atoms. The van der Waals surface area contributed by atoms with Crippen LogP contribution in [0, 0.1) is 17.8 Å². The van der Waals surface area contributed by atoms with Crippen LogP contribution in [0.5, 0.6) is 0 Å². The number of hydrogen-bond donors (Lipinski definition) is 0. The molecule has 0 unspecified atom stereocenters. The van der Waals surface area contributed by atoms with Crippen LogP contribution >= 0.6 is 0 Å². The maximum absolute atomic E-state index is 2.89. The van der Waals surface area contributed by atoms with Gasteiger partial charge in [0.05, 0.1) is 5.54 Å². The first kappa shape index (κ1) is 19.6. The highest BCUT2D eigenvalue weighted by Gasteiger charge is 2.61. The van der Waals surface area contributed by atoms with Crippen LogP contribution in [0.2, 0.25) is 0 Å². The average Bonchev–Trinajstić information content (AvgIpc) is 3.35. The van der Waals surface area contributed by atoms with E-state index in [-0.39, 0.29) is 5.54 Å². The molecule has 1 heteroatoms. The first-order valence-electron chi connectivity index (χ1n) is 11.6. The van der Waals surface area contributed by atoms with Gasteiger partial charge >= 0.3 is 0 Å². The van der Waals surface area contributed by atoms with E-state index in [2.05, 4.69) is 110 Å². The molecule has 1 aliphatic heterocycles. The normalized spacial score (nSPS) is 25.5. The topological polar surface area (TPSA) is 3.24 Å². The standard InChI is InChI=1S/C29H33N/c1-22(2)28-26-19-12-20-27(26)29(24-15-8-4-9-16-24,25-17-10-5-11-18-25)30(28)21-23-13-6-3-7-14-23/h3-11,13-18,22,26-28H,12,19-21H2,1-2H3/t26-,27+,28-/m0/s1. The SMILES string of the molecule is CC(C)[C@H]1[C@H]2CCC[C@H]2C(c2ccccc2)(c2ccccc2)N1Cc1ccccc1. The molecule has 3 aromatic rings. The molecule has 154 valence electrons. The lowest BCUT2D eigenvalue weighted by Gasteiger charge is -2.46. The van der Waals surface area contributed by atoms with Gasteiger partial charge in [0.25, 0.3) is 0 Å². The minimum atomic E-state index is -0.0610. The van der Waals surface area contributed by atoms with Gasteiger partial charge in [0.1, 0.15) is 0 Å². The van der Waals surface area contributed by atoms with Gasteiger partial charge in [-0.3, -0.25) is 4.90 Å². The van der Waals surface area contributed by atoms with E-state index in [0.29, 0.717) is 17.9 Å². The molecular weight excluding hydrogens is 362 g/mol. The summed E-state index contributed by atoms with van der Waals surface area (Å²) in [4.78, 5) is 2.89. The molecule has 0 N–H and O–H groups in total. The molecule has 0 amide bonds. The Morgan fingerprint density at radius 1 is 0.767 bits per heavy atom. The second-order valence-electron chi connectivity index (χ2n) is 9.55. The molecule has 0 bridgehead atoms. The predicted molar refractivity (Wildman–Crippen MR) is 125 cm³/mol. The molecule has 1 saturated heterocycles. The molecule has 1 saturated carbocycles. The van der Waals surface area contributed by atoms with Crippen molar-refractivity contribution in [2.45, 2.75) is 51.2 Å². The van der Waals surface area contributed by atoms with Gasteiger partial charge in [-0.15, -0.1) is 0 Å². The van der Waals surface area contributed by atoms with Crippen LogP contribution in [0.4, 0.5) is 0 Å². The van der Waals surface area contributed by atoms with Crippen molar-refractivity contribution in [2.24, 2.45) is 17.8 Å². The van der Waals surface area contributed by atoms with Crippen LogP contribution in [0.1, 0.15) is 49.8 Å². The third-order valence-corrected chi connectivity index (χ3v) is 7.66. The van der Waals surface area contributed by atoms with Crippen LogP contribution in [-0.4, -0.2) is 10.9 Å². The number of benzene rings is 3. The number of rotatable bonds is 5. The Morgan fingerprint density at radius 3 is 1.83 bits per heavy atom. The lowest BCUT2D eigenvalue weighted by molar-refractivity contribution is 0.0718. The van der Waals surface area contributed by atoms with Crippen LogP contribution in [-0.2, 0) is 12.1 Å². The Hall–Kier alpha value is -2.38. The van der Waals surface area contributed by atoms with E-state index in [1.807, 2.05) is 0 Å².